The normalized spacial score (nSPS) is 10.1. The molecule has 0 bridgehead atoms. The highest BCUT2D eigenvalue weighted by Crippen LogP contribution is 2.29. The number of hydrogen-bond acceptors (Lipinski definition) is 4. The number of nitrogens with zero attached hydrogens (tertiary/aromatic N) is 2. The highest BCUT2D eigenvalue weighted by atomic mass is 16.5. The molecule has 0 spiro atoms. The first-order valence-corrected chi connectivity index (χ1v) is 4.11. The number of rotatable bonds is 2. The lowest BCUT2D eigenvalue weighted by atomic mass is 10.2. The number of anilines is 1. The molecule has 2 aromatic heterocycles. The molecule has 0 aromatic carbocycles. The maximum absolute atomic E-state index is 5.72. The van der Waals surface area contributed by atoms with Gasteiger partial charge in [0.1, 0.15) is 0 Å². The second kappa shape index (κ2) is 3.37. The van der Waals surface area contributed by atoms with Crippen LogP contribution in [0.1, 0.15) is 0 Å². The van der Waals surface area contributed by atoms with Crippen molar-refractivity contribution in [3.8, 4) is 17.1 Å². The predicted octanol–water partition coefficient (Wildman–Crippen LogP) is 1.06. The highest BCUT2D eigenvalue weighted by Gasteiger charge is 2.10. The quantitative estimate of drug-likeness (QED) is 0.742. The molecule has 5 nitrogen and oxygen atoms in total. The number of nitrogens with two attached hydrogens (primary N) is 1. The second-order valence-electron chi connectivity index (χ2n) is 2.76. The van der Waals surface area contributed by atoms with Crippen molar-refractivity contribution < 1.29 is 4.74 Å². The number of ether oxygens (including phenoxy) is 1. The molecule has 5 heteroatoms. The fourth-order valence-electron chi connectivity index (χ4n) is 1.25. The molecule has 0 fully saturated rings. The van der Waals surface area contributed by atoms with E-state index in [9.17, 15) is 0 Å². The zero-order valence-corrected chi connectivity index (χ0v) is 7.69. The van der Waals surface area contributed by atoms with Gasteiger partial charge in [-0.2, -0.15) is 5.10 Å². The van der Waals surface area contributed by atoms with Gasteiger partial charge in [0.05, 0.1) is 30.3 Å². The third-order valence-corrected chi connectivity index (χ3v) is 1.90. The van der Waals surface area contributed by atoms with E-state index in [1.807, 2.05) is 12.1 Å². The summed E-state index contributed by atoms with van der Waals surface area (Å²) >= 11 is 0. The van der Waals surface area contributed by atoms with E-state index in [1.54, 1.807) is 19.5 Å². The average molecular weight is 190 g/mol. The number of aromatic nitrogens is 3. The summed E-state index contributed by atoms with van der Waals surface area (Å²) in [6.45, 7) is 0. The molecule has 0 unspecified atom stereocenters. The Morgan fingerprint density at radius 3 is 3.00 bits per heavy atom. The van der Waals surface area contributed by atoms with Gasteiger partial charge in [0.25, 0.3) is 0 Å². The molecule has 0 aliphatic rings. The predicted molar refractivity (Wildman–Crippen MR) is 52.8 cm³/mol. The topological polar surface area (TPSA) is 76.8 Å². The van der Waals surface area contributed by atoms with Gasteiger partial charge < -0.3 is 10.5 Å². The van der Waals surface area contributed by atoms with E-state index in [-0.39, 0.29) is 0 Å². The summed E-state index contributed by atoms with van der Waals surface area (Å²) in [6.07, 6.45) is 3.22. The molecule has 2 rings (SSSR count). The monoisotopic (exact) mass is 190 g/mol. The van der Waals surface area contributed by atoms with Gasteiger partial charge >= 0.3 is 0 Å². The van der Waals surface area contributed by atoms with Crippen molar-refractivity contribution >= 4 is 5.69 Å². The molecule has 2 heterocycles. The number of nitrogen functional groups attached to an aromatic ring is 1. The Morgan fingerprint density at radius 1 is 1.50 bits per heavy atom. The lowest BCUT2D eigenvalue weighted by Gasteiger charge is -2.04. The van der Waals surface area contributed by atoms with Gasteiger partial charge in [0.15, 0.2) is 0 Å². The minimum atomic E-state index is 0.531. The second-order valence-corrected chi connectivity index (χ2v) is 2.76. The minimum absolute atomic E-state index is 0.531. The van der Waals surface area contributed by atoms with Crippen LogP contribution >= 0.6 is 0 Å². The maximum atomic E-state index is 5.72. The Morgan fingerprint density at radius 2 is 2.36 bits per heavy atom. The number of aromatic amines is 1. The van der Waals surface area contributed by atoms with Crippen LogP contribution in [0, 0.1) is 0 Å². The minimum Gasteiger partial charge on any atom is -0.481 e. The van der Waals surface area contributed by atoms with Crippen molar-refractivity contribution in [1.82, 2.24) is 15.2 Å². The van der Waals surface area contributed by atoms with Gasteiger partial charge in [0, 0.05) is 6.20 Å². The Bertz CT molecular complexity index is 438. The van der Waals surface area contributed by atoms with Crippen LogP contribution in [0.15, 0.2) is 24.5 Å². The Labute approximate surface area is 80.9 Å². The van der Waals surface area contributed by atoms with Gasteiger partial charge in [-0.15, -0.1) is 0 Å². The summed E-state index contributed by atoms with van der Waals surface area (Å²) < 4.78 is 5.11. The standard InChI is InChI=1S/C9H10N4O/c1-14-9-6(3-2-4-11-9)8-7(10)5-12-13-8/h2-5H,10H2,1H3,(H,12,13). The van der Waals surface area contributed by atoms with Crippen LogP contribution in [0.3, 0.4) is 0 Å². The summed E-state index contributed by atoms with van der Waals surface area (Å²) in [5, 5.41) is 6.64. The third-order valence-electron chi connectivity index (χ3n) is 1.90. The van der Waals surface area contributed by atoms with Gasteiger partial charge in [0.2, 0.25) is 5.88 Å². The SMILES string of the molecule is COc1ncccc1-c1[nH]ncc1N. The van der Waals surface area contributed by atoms with Crippen molar-refractivity contribution in [2.75, 3.05) is 12.8 Å². The van der Waals surface area contributed by atoms with Crippen molar-refractivity contribution in [2.24, 2.45) is 0 Å². The molecule has 0 atom stereocenters. The molecule has 14 heavy (non-hydrogen) atoms. The first-order valence-electron chi connectivity index (χ1n) is 4.11. The van der Waals surface area contributed by atoms with Crippen molar-refractivity contribution in [3.05, 3.63) is 24.5 Å². The zero-order chi connectivity index (χ0) is 9.97. The third kappa shape index (κ3) is 1.28. The van der Waals surface area contributed by atoms with Crippen LogP contribution in [0.4, 0.5) is 5.69 Å². The molecular weight excluding hydrogens is 180 g/mol. The molecule has 0 aliphatic carbocycles. The summed E-state index contributed by atoms with van der Waals surface area (Å²) in [6, 6.07) is 3.69. The molecular formula is C9H10N4O. The summed E-state index contributed by atoms with van der Waals surface area (Å²) in [5.74, 6) is 0.531. The van der Waals surface area contributed by atoms with Crippen molar-refractivity contribution in [2.45, 2.75) is 0 Å². The van der Waals surface area contributed by atoms with E-state index in [1.165, 1.54) is 0 Å². The first-order chi connectivity index (χ1) is 6.83. The van der Waals surface area contributed by atoms with Crippen LogP contribution < -0.4 is 10.5 Å². The van der Waals surface area contributed by atoms with E-state index in [0.29, 0.717) is 11.6 Å². The maximum Gasteiger partial charge on any atom is 0.222 e. The van der Waals surface area contributed by atoms with Crippen molar-refractivity contribution in [1.29, 1.82) is 0 Å². The van der Waals surface area contributed by atoms with E-state index >= 15 is 0 Å². The number of methoxy groups -OCH3 is 1. The molecule has 3 N–H and O–H groups in total. The molecule has 0 saturated carbocycles. The molecule has 0 saturated heterocycles. The highest BCUT2D eigenvalue weighted by molar-refractivity contribution is 5.75. The van der Waals surface area contributed by atoms with E-state index in [4.69, 9.17) is 10.5 Å². The van der Waals surface area contributed by atoms with Gasteiger partial charge in [-0.05, 0) is 12.1 Å². The van der Waals surface area contributed by atoms with E-state index in [2.05, 4.69) is 15.2 Å². The Kier molecular flexibility index (Phi) is 2.06. The molecule has 0 amide bonds. The molecule has 72 valence electrons. The summed E-state index contributed by atoms with van der Waals surface area (Å²) in [4.78, 5) is 4.07. The van der Waals surface area contributed by atoms with Gasteiger partial charge in [-0.25, -0.2) is 4.98 Å². The fraction of sp³-hybridized carbons (Fsp3) is 0.111. The van der Waals surface area contributed by atoms with Gasteiger partial charge in [-0.1, -0.05) is 0 Å². The summed E-state index contributed by atoms with van der Waals surface area (Å²) in [7, 11) is 1.57. The lowest BCUT2D eigenvalue weighted by Crippen LogP contribution is -1.93. The summed E-state index contributed by atoms with van der Waals surface area (Å²) in [5.41, 5.74) is 7.84. The van der Waals surface area contributed by atoms with Gasteiger partial charge in [-0.3, -0.25) is 5.10 Å². The smallest absolute Gasteiger partial charge is 0.222 e. The lowest BCUT2D eigenvalue weighted by molar-refractivity contribution is 0.399. The largest absolute Gasteiger partial charge is 0.481 e. The number of pyridine rings is 1. The number of H-pyrrole nitrogens is 1. The molecule has 0 radical (unpaired) electrons. The molecule has 0 aliphatic heterocycles. The van der Waals surface area contributed by atoms with Crippen LogP contribution in [0.2, 0.25) is 0 Å². The number of hydrogen-bond donors (Lipinski definition) is 2. The van der Waals surface area contributed by atoms with E-state index < -0.39 is 0 Å². The Hall–Kier alpha value is -2.04. The molecule has 2 aromatic rings. The average Bonchev–Trinajstić information content (AvgIpc) is 2.64. The van der Waals surface area contributed by atoms with Crippen molar-refractivity contribution in [3.63, 3.8) is 0 Å². The number of nitrogens with one attached hydrogen (secondary N) is 1. The fourth-order valence-corrected chi connectivity index (χ4v) is 1.25. The van der Waals surface area contributed by atoms with Crippen LogP contribution in [-0.2, 0) is 0 Å². The first kappa shape index (κ1) is 8.55. The van der Waals surface area contributed by atoms with Crippen LogP contribution in [-0.4, -0.2) is 22.3 Å². The Balaban J connectivity index is 2.56. The zero-order valence-electron chi connectivity index (χ0n) is 7.69. The van der Waals surface area contributed by atoms with E-state index in [0.717, 1.165) is 11.3 Å². The van der Waals surface area contributed by atoms with Crippen LogP contribution in [0.25, 0.3) is 11.3 Å². The van der Waals surface area contributed by atoms with Crippen LogP contribution in [0.5, 0.6) is 5.88 Å².